The molecule has 2 aromatic rings. The highest BCUT2D eigenvalue weighted by molar-refractivity contribution is 9.10. The maximum atomic E-state index is 5.28. The van der Waals surface area contributed by atoms with Crippen LogP contribution in [0.4, 0.5) is 0 Å². The molecular weight excluding hydrogens is 306 g/mol. The highest BCUT2D eigenvalue weighted by atomic mass is 79.9. The van der Waals surface area contributed by atoms with E-state index in [0.29, 0.717) is 5.88 Å². The minimum Gasteiger partial charge on any atom is -0.480 e. The molecule has 4 nitrogen and oxygen atoms in total. The van der Waals surface area contributed by atoms with Crippen molar-refractivity contribution in [1.82, 2.24) is 15.3 Å². The van der Waals surface area contributed by atoms with E-state index in [1.807, 2.05) is 7.05 Å². The van der Waals surface area contributed by atoms with E-state index in [4.69, 9.17) is 4.74 Å². The standard InChI is InChI=1S/C14H16BrN3O/c1-9-4-5-10(11(15)8-9)12(16-2)13-14(19-3)18-7-6-17-13/h4-8,12,16H,1-3H3. The molecule has 0 bridgehead atoms. The minimum absolute atomic E-state index is 0.0707. The lowest BCUT2D eigenvalue weighted by atomic mass is 10.0. The first-order chi connectivity index (χ1) is 9.17. The van der Waals surface area contributed by atoms with Crippen molar-refractivity contribution in [2.45, 2.75) is 13.0 Å². The van der Waals surface area contributed by atoms with Crippen molar-refractivity contribution in [3.8, 4) is 5.88 Å². The van der Waals surface area contributed by atoms with Crippen molar-refractivity contribution in [2.75, 3.05) is 14.2 Å². The summed E-state index contributed by atoms with van der Waals surface area (Å²) in [4.78, 5) is 8.59. The molecule has 0 aliphatic carbocycles. The van der Waals surface area contributed by atoms with Gasteiger partial charge in [-0.1, -0.05) is 28.1 Å². The van der Waals surface area contributed by atoms with Gasteiger partial charge in [-0.2, -0.15) is 0 Å². The molecule has 1 atom stereocenters. The maximum absolute atomic E-state index is 5.28. The van der Waals surface area contributed by atoms with Crippen LogP contribution in [0.15, 0.2) is 35.1 Å². The number of halogens is 1. The zero-order chi connectivity index (χ0) is 13.8. The molecule has 0 saturated heterocycles. The summed E-state index contributed by atoms with van der Waals surface area (Å²) in [6, 6.07) is 6.17. The lowest BCUT2D eigenvalue weighted by molar-refractivity contribution is 0.384. The van der Waals surface area contributed by atoms with Gasteiger partial charge in [0.2, 0.25) is 5.88 Å². The molecule has 19 heavy (non-hydrogen) atoms. The number of nitrogens with zero attached hydrogens (tertiary/aromatic N) is 2. The van der Waals surface area contributed by atoms with Gasteiger partial charge in [-0.25, -0.2) is 4.98 Å². The van der Waals surface area contributed by atoms with Gasteiger partial charge in [0, 0.05) is 16.9 Å². The fraction of sp³-hybridized carbons (Fsp3) is 0.286. The van der Waals surface area contributed by atoms with E-state index in [2.05, 4.69) is 56.3 Å². The summed E-state index contributed by atoms with van der Waals surface area (Å²) >= 11 is 3.60. The fourth-order valence-corrected chi connectivity index (χ4v) is 2.72. The molecule has 0 radical (unpaired) electrons. The van der Waals surface area contributed by atoms with E-state index in [1.54, 1.807) is 19.5 Å². The zero-order valence-electron chi connectivity index (χ0n) is 11.1. The van der Waals surface area contributed by atoms with Gasteiger partial charge in [0.15, 0.2) is 0 Å². The number of ether oxygens (including phenoxy) is 1. The first kappa shape index (κ1) is 14.0. The van der Waals surface area contributed by atoms with Crippen LogP contribution in [0.25, 0.3) is 0 Å². The summed E-state index contributed by atoms with van der Waals surface area (Å²) in [5, 5.41) is 3.26. The monoisotopic (exact) mass is 321 g/mol. The number of rotatable bonds is 4. The molecule has 0 spiro atoms. The van der Waals surface area contributed by atoms with Crippen LogP contribution in [-0.4, -0.2) is 24.1 Å². The van der Waals surface area contributed by atoms with Gasteiger partial charge in [-0.05, 0) is 31.2 Å². The van der Waals surface area contributed by atoms with Gasteiger partial charge in [-0.15, -0.1) is 0 Å². The number of aromatic nitrogens is 2. The molecule has 100 valence electrons. The maximum Gasteiger partial charge on any atom is 0.237 e. The Morgan fingerprint density at radius 2 is 2.00 bits per heavy atom. The summed E-state index contributed by atoms with van der Waals surface area (Å²) < 4.78 is 6.33. The van der Waals surface area contributed by atoms with Crippen LogP contribution in [0.5, 0.6) is 5.88 Å². The van der Waals surface area contributed by atoms with Gasteiger partial charge < -0.3 is 10.1 Å². The SMILES string of the molecule is CNC(c1ccc(C)cc1Br)c1nccnc1OC. The molecule has 1 unspecified atom stereocenters. The van der Waals surface area contributed by atoms with Crippen LogP contribution >= 0.6 is 15.9 Å². The van der Waals surface area contributed by atoms with Crippen molar-refractivity contribution >= 4 is 15.9 Å². The molecule has 0 aliphatic rings. The van der Waals surface area contributed by atoms with E-state index in [0.717, 1.165) is 15.7 Å². The number of hydrogen-bond acceptors (Lipinski definition) is 4. The van der Waals surface area contributed by atoms with Crippen LogP contribution < -0.4 is 10.1 Å². The fourth-order valence-electron chi connectivity index (χ4n) is 2.00. The van der Waals surface area contributed by atoms with Crippen LogP contribution in [0.1, 0.15) is 22.9 Å². The summed E-state index contributed by atoms with van der Waals surface area (Å²) in [7, 11) is 3.50. The lowest BCUT2D eigenvalue weighted by Gasteiger charge is -2.19. The first-order valence-electron chi connectivity index (χ1n) is 5.95. The predicted molar refractivity (Wildman–Crippen MR) is 78.4 cm³/mol. The number of nitrogens with one attached hydrogen (secondary N) is 1. The molecule has 0 fully saturated rings. The van der Waals surface area contributed by atoms with Crippen molar-refractivity contribution in [3.63, 3.8) is 0 Å². The van der Waals surface area contributed by atoms with E-state index < -0.39 is 0 Å². The Labute approximate surface area is 121 Å². The van der Waals surface area contributed by atoms with Crippen molar-refractivity contribution in [1.29, 1.82) is 0 Å². The summed E-state index contributed by atoms with van der Waals surface area (Å²) in [6.07, 6.45) is 3.30. The van der Waals surface area contributed by atoms with Crippen molar-refractivity contribution in [2.24, 2.45) is 0 Å². The quantitative estimate of drug-likeness (QED) is 0.940. The number of hydrogen-bond donors (Lipinski definition) is 1. The van der Waals surface area contributed by atoms with Crippen LogP contribution in [-0.2, 0) is 0 Å². The Morgan fingerprint density at radius 3 is 2.63 bits per heavy atom. The zero-order valence-corrected chi connectivity index (χ0v) is 12.7. The molecule has 5 heteroatoms. The normalized spacial score (nSPS) is 12.2. The second-order valence-corrected chi connectivity index (χ2v) is 5.05. The molecular formula is C14H16BrN3O. The van der Waals surface area contributed by atoms with E-state index in [1.165, 1.54) is 5.56 Å². The second-order valence-electron chi connectivity index (χ2n) is 4.20. The highest BCUT2D eigenvalue weighted by Crippen LogP contribution is 2.31. The van der Waals surface area contributed by atoms with Crippen LogP contribution in [0.3, 0.4) is 0 Å². The number of benzene rings is 1. The van der Waals surface area contributed by atoms with Gasteiger partial charge >= 0.3 is 0 Å². The third-order valence-electron chi connectivity index (χ3n) is 2.91. The van der Waals surface area contributed by atoms with E-state index in [-0.39, 0.29) is 6.04 Å². The average molecular weight is 322 g/mol. The lowest BCUT2D eigenvalue weighted by Crippen LogP contribution is -2.20. The van der Waals surface area contributed by atoms with Gasteiger partial charge in [0.1, 0.15) is 5.69 Å². The van der Waals surface area contributed by atoms with Crippen LogP contribution in [0.2, 0.25) is 0 Å². The molecule has 1 heterocycles. The summed E-state index contributed by atoms with van der Waals surface area (Å²) in [5.41, 5.74) is 3.08. The Hall–Kier alpha value is -1.46. The van der Waals surface area contributed by atoms with Gasteiger partial charge in [-0.3, -0.25) is 4.98 Å². The molecule has 0 amide bonds. The molecule has 1 N–H and O–H groups in total. The largest absolute Gasteiger partial charge is 0.480 e. The van der Waals surface area contributed by atoms with Crippen molar-refractivity contribution in [3.05, 3.63) is 51.9 Å². The molecule has 1 aromatic carbocycles. The minimum atomic E-state index is -0.0707. The Bertz CT molecular complexity index is 574. The summed E-state index contributed by atoms with van der Waals surface area (Å²) in [6.45, 7) is 2.06. The molecule has 2 rings (SSSR count). The Kier molecular flexibility index (Phi) is 4.50. The highest BCUT2D eigenvalue weighted by Gasteiger charge is 2.20. The van der Waals surface area contributed by atoms with Gasteiger partial charge in [0.25, 0.3) is 0 Å². The average Bonchev–Trinajstić information content (AvgIpc) is 2.42. The smallest absolute Gasteiger partial charge is 0.237 e. The molecule has 0 aliphatic heterocycles. The van der Waals surface area contributed by atoms with Crippen LogP contribution in [0, 0.1) is 6.92 Å². The number of aryl methyl sites for hydroxylation is 1. The summed E-state index contributed by atoms with van der Waals surface area (Å²) in [5.74, 6) is 0.536. The van der Waals surface area contributed by atoms with Gasteiger partial charge in [0.05, 0.1) is 13.2 Å². The first-order valence-corrected chi connectivity index (χ1v) is 6.75. The number of methoxy groups -OCH3 is 1. The van der Waals surface area contributed by atoms with Crippen molar-refractivity contribution < 1.29 is 4.74 Å². The molecule has 1 aromatic heterocycles. The predicted octanol–water partition coefficient (Wildman–Crippen LogP) is 2.86. The third kappa shape index (κ3) is 2.93. The second kappa shape index (κ2) is 6.12. The topological polar surface area (TPSA) is 47.0 Å². The molecule has 0 saturated carbocycles. The van der Waals surface area contributed by atoms with E-state index in [9.17, 15) is 0 Å². The third-order valence-corrected chi connectivity index (χ3v) is 3.60. The van der Waals surface area contributed by atoms with E-state index >= 15 is 0 Å². The Balaban J connectivity index is 2.50. The Morgan fingerprint density at radius 1 is 1.26 bits per heavy atom.